The summed E-state index contributed by atoms with van der Waals surface area (Å²) in [5.74, 6) is 9.23. The average molecular weight is 507 g/mol. The molecule has 0 spiro atoms. The molecule has 0 aliphatic heterocycles. The lowest BCUT2D eigenvalue weighted by Crippen LogP contribution is -2.31. The maximum atomic E-state index is 10.2. The summed E-state index contributed by atoms with van der Waals surface area (Å²) in [5, 5.41) is 19.7. The van der Waals surface area contributed by atoms with Crippen LogP contribution in [0.5, 0.6) is 0 Å². The van der Waals surface area contributed by atoms with Crippen LogP contribution >= 0.6 is 0 Å². The highest BCUT2D eigenvalue weighted by Gasteiger charge is 2.53. The quantitative estimate of drug-likeness (QED) is 0.280. The van der Waals surface area contributed by atoms with Crippen molar-refractivity contribution in [3.63, 3.8) is 0 Å². The molecule has 208 valence electrons. The second-order valence-electron chi connectivity index (χ2n) is 14.4. The fourth-order valence-electron chi connectivity index (χ4n) is 10.3. The Hall–Kier alpha value is -1.02. The van der Waals surface area contributed by atoms with E-state index in [1.54, 1.807) is 0 Å². The van der Waals surface area contributed by atoms with Gasteiger partial charge in [-0.25, -0.2) is 0 Å². The highest BCUT2D eigenvalue weighted by Crippen LogP contribution is 2.61. The number of hydrogen-bond acceptors (Lipinski definition) is 2. The van der Waals surface area contributed by atoms with Gasteiger partial charge in [-0.3, -0.25) is 0 Å². The van der Waals surface area contributed by atoms with Crippen LogP contribution in [-0.2, 0) is 0 Å². The first-order valence-corrected chi connectivity index (χ1v) is 16.8. The van der Waals surface area contributed by atoms with Gasteiger partial charge < -0.3 is 0 Å². The Balaban J connectivity index is 1.37. The molecule has 4 fully saturated rings. The third-order valence-electron chi connectivity index (χ3n) is 12.4. The third kappa shape index (κ3) is 6.77. The number of hydrogen-bond donors (Lipinski definition) is 0. The zero-order valence-corrected chi connectivity index (χ0v) is 24.8. The molecule has 4 rings (SSSR count). The predicted molar refractivity (Wildman–Crippen MR) is 154 cm³/mol. The monoisotopic (exact) mass is 506 g/mol. The van der Waals surface area contributed by atoms with Crippen LogP contribution in [0.1, 0.15) is 137 Å². The first-order chi connectivity index (χ1) is 18.0. The standard InChI is InChI=1S/C35H58N2/c1-5-8-9-25(6-2)20-34-31-16-10-24(4)18-33(31)35-21-26(11-17-32(34)35)19-30(23-37)29-14-12-28(13-15-29)27(7-3)22-36/h24-35H,5-21H2,1-4H3. The van der Waals surface area contributed by atoms with Gasteiger partial charge in [-0.05, 0) is 130 Å². The van der Waals surface area contributed by atoms with Gasteiger partial charge in [-0.1, -0.05) is 66.2 Å². The molecule has 0 aromatic heterocycles. The number of fused-ring (bicyclic) bond motifs is 3. The number of rotatable bonds is 11. The number of unbranched alkanes of at least 4 members (excludes halogenated alkanes) is 1. The molecule has 4 saturated carbocycles. The van der Waals surface area contributed by atoms with E-state index in [1.165, 1.54) is 96.3 Å². The van der Waals surface area contributed by atoms with Crippen LogP contribution in [0.25, 0.3) is 0 Å². The molecule has 0 N–H and O–H groups in total. The Morgan fingerprint density at radius 3 is 1.89 bits per heavy atom. The topological polar surface area (TPSA) is 47.6 Å². The lowest BCUT2D eigenvalue weighted by molar-refractivity contribution is 0.108. The Morgan fingerprint density at radius 1 is 0.676 bits per heavy atom. The predicted octanol–water partition coefficient (Wildman–Crippen LogP) is 10.2. The van der Waals surface area contributed by atoms with Gasteiger partial charge >= 0.3 is 0 Å². The van der Waals surface area contributed by atoms with E-state index in [0.29, 0.717) is 11.8 Å². The molecule has 0 saturated heterocycles. The van der Waals surface area contributed by atoms with Crippen LogP contribution in [0, 0.1) is 93.7 Å². The SMILES string of the molecule is CCCCC(CC)CC1C2CCC(C)CC2C2CC(CC(C#N)C3CCC(C(C#N)CC)CC3)CCC12. The molecule has 10 atom stereocenters. The van der Waals surface area contributed by atoms with E-state index in [0.717, 1.165) is 60.2 Å². The van der Waals surface area contributed by atoms with Crippen molar-refractivity contribution in [1.29, 1.82) is 10.5 Å². The minimum atomic E-state index is 0.229. The first kappa shape index (κ1) is 29.0. The largest absolute Gasteiger partial charge is 0.198 e. The van der Waals surface area contributed by atoms with Gasteiger partial charge in [0.05, 0.1) is 12.1 Å². The van der Waals surface area contributed by atoms with Gasteiger partial charge in [0.15, 0.2) is 0 Å². The van der Waals surface area contributed by atoms with E-state index < -0.39 is 0 Å². The van der Waals surface area contributed by atoms with Crippen molar-refractivity contribution in [2.24, 2.45) is 71.0 Å². The van der Waals surface area contributed by atoms with Crippen molar-refractivity contribution >= 4 is 0 Å². The van der Waals surface area contributed by atoms with Gasteiger partial charge in [0, 0.05) is 11.8 Å². The highest BCUT2D eigenvalue weighted by molar-refractivity contribution is 5.03. The summed E-state index contributed by atoms with van der Waals surface area (Å²) in [6, 6.07) is 5.37. The molecule has 0 bridgehead atoms. The lowest BCUT2D eigenvalue weighted by Gasteiger charge is -2.40. The van der Waals surface area contributed by atoms with Gasteiger partial charge in [-0.2, -0.15) is 10.5 Å². The molecular weight excluding hydrogens is 448 g/mol. The molecule has 2 nitrogen and oxygen atoms in total. The minimum Gasteiger partial charge on any atom is -0.198 e. The molecule has 2 heteroatoms. The van der Waals surface area contributed by atoms with E-state index in [9.17, 15) is 10.5 Å². The van der Waals surface area contributed by atoms with Crippen LogP contribution in [0.15, 0.2) is 0 Å². The van der Waals surface area contributed by atoms with Crippen molar-refractivity contribution in [3.8, 4) is 12.1 Å². The van der Waals surface area contributed by atoms with Gasteiger partial charge in [-0.15, -0.1) is 0 Å². The van der Waals surface area contributed by atoms with Crippen LogP contribution < -0.4 is 0 Å². The van der Waals surface area contributed by atoms with Crippen LogP contribution in [-0.4, -0.2) is 0 Å². The molecule has 0 amide bonds. The van der Waals surface area contributed by atoms with Crippen molar-refractivity contribution < 1.29 is 0 Å². The molecule has 4 aliphatic carbocycles. The molecule has 37 heavy (non-hydrogen) atoms. The fourth-order valence-corrected chi connectivity index (χ4v) is 10.3. The molecule has 0 radical (unpaired) electrons. The van der Waals surface area contributed by atoms with Crippen molar-refractivity contribution in [2.45, 2.75) is 137 Å². The molecule has 4 aliphatic rings. The van der Waals surface area contributed by atoms with Crippen LogP contribution in [0.4, 0.5) is 0 Å². The summed E-state index contributed by atoms with van der Waals surface area (Å²) in [5.41, 5.74) is 0. The molecular formula is C35H58N2. The molecule has 0 heterocycles. The summed E-state index contributed by atoms with van der Waals surface area (Å²) < 4.78 is 0. The average Bonchev–Trinajstić information content (AvgIpc) is 3.22. The zero-order valence-electron chi connectivity index (χ0n) is 24.8. The van der Waals surface area contributed by atoms with Crippen molar-refractivity contribution in [1.82, 2.24) is 0 Å². The van der Waals surface area contributed by atoms with Crippen LogP contribution in [0.3, 0.4) is 0 Å². The second-order valence-corrected chi connectivity index (χ2v) is 14.4. The smallest absolute Gasteiger partial charge is 0.0658 e. The Kier molecular flexibility index (Phi) is 10.9. The summed E-state index contributed by atoms with van der Waals surface area (Å²) in [4.78, 5) is 0. The van der Waals surface area contributed by atoms with Crippen molar-refractivity contribution in [2.75, 3.05) is 0 Å². The minimum absolute atomic E-state index is 0.229. The maximum Gasteiger partial charge on any atom is 0.0658 e. The zero-order chi connectivity index (χ0) is 26.4. The van der Waals surface area contributed by atoms with E-state index in [4.69, 9.17) is 0 Å². The summed E-state index contributed by atoms with van der Waals surface area (Å²) in [7, 11) is 0. The van der Waals surface area contributed by atoms with Crippen LogP contribution in [0.2, 0.25) is 0 Å². The highest BCUT2D eigenvalue weighted by atomic mass is 14.6. The van der Waals surface area contributed by atoms with E-state index in [2.05, 4.69) is 39.8 Å². The normalized spacial score (nSPS) is 40.0. The Labute approximate surface area is 230 Å². The third-order valence-corrected chi connectivity index (χ3v) is 12.4. The Bertz CT molecular complexity index is 767. The maximum absolute atomic E-state index is 10.2. The van der Waals surface area contributed by atoms with E-state index >= 15 is 0 Å². The van der Waals surface area contributed by atoms with Gasteiger partial charge in [0.25, 0.3) is 0 Å². The second kappa shape index (κ2) is 13.9. The van der Waals surface area contributed by atoms with Gasteiger partial charge in [0.2, 0.25) is 0 Å². The Morgan fingerprint density at radius 2 is 1.30 bits per heavy atom. The van der Waals surface area contributed by atoms with E-state index in [1.807, 2.05) is 0 Å². The first-order valence-electron chi connectivity index (χ1n) is 16.8. The summed E-state index contributed by atoms with van der Waals surface area (Å²) in [6.07, 6.45) is 22.7. The van der Waals surface area contributed by atoms with Gasteiger partial charge in [0.1, 0.15) is 0 Å². The molecule has 0 aromatic rings. The number of nitrogens with zero attached hydrogens (tertiary/aromatic N) is 2. The van der Waals surface area contributed by atoms with Crippen molar-refractivity contribution in [3.05, 3.63) is 0 Å². The molecule has 10 unspecified atom stereocenters. The lowest BCUT2D eigenvalue weighted by atomic mass is 9.65. The number of nitriles is 2. The fraction of sp³-hybridized carbons (Fsp3) is 0.943. The summed E-state index contributed by atoms with van der Waals surface area (Å²) in [6.45, 7) is 9.48. The molecule has 0 aromatic carbocycles. The summed E-state index contributed by atoms with van der Waals surface area (Å²) >= 11 is 0. The van der Waals surface area contributed by atoms with E-state index in [-0.39, 0.29) is 11.8 Å².